The quantitative estimate of drug-likeness (QED) is 0.595. The third-order valence-electron chi connectivity index (χ3n) is 3.66. The Morgan fingerprint density at radius 2 is 2.09 bits per heavy atom. The Labute approximate surface area is 134 Å². The van der Waals surface area contributed by atoms with Crippen LogP contribution >= 0.6 is 0 Å². The van der Waals surface area contributed by atoms with E-state index < -0.39 is 0 Å². The van der Waals surface area contributed by atoms with Gasteiger partial charge in [0.1, 0.15) is 6.54 Å². The first-order valence-corrected chi connectivity index (χ1v) is 7.42. The zero-order chi connectivity index (χ0) is 16.2. The van der Waals surface area contributed by atoms with E-state index in [0.717, 1.165) is 22.2 Å². The molecule has 5 nitrogen and oxygen atoms in total. The number of amides is 1. The maximum absolute atomic E-state index is 12.0. The standard InChI is InChI=1S/C18H18N4O/c1-13-7-8-15(14(2)9-13)10-20-21-18(23)11-22-12-19-16-5-3-4-6-17(16)22/h3-10,12H,11H2,1-2H3,(H,21,23)/b20-10+. The molecule has 23 heavy (non-hydrogen) atoms. The molecule has 0 atom stereocenters. The van der Waals surface area contributed by atoms with Crippen molar-refractivity contribution in [2.45, 2.75) is 20.4 Å². The van der Waals surface area contributed by atoms with E-state index in [1.54, 1.807) is 17.1 Å². The summed E-state index contributed by atoms with van der Waals surface area (Å²) in [7, 11) is 0. The fourth-order valence-electron chi connectivity index (χ4n) is 2.47. The summed E-state index contributed by atoms with van der Waals surface area (Å²) < 4.78 is 1.80. The molecule has 3 aromatic rings. The smallest absolute Gasteiger partial charge is 0.260 e. The summed E-state index contributed by atoms with van der Waals surface area (Å²) in [5.74, 6) is -0.186. The van der Waals surface area contributed by atoms with Crippen LogP contribution in [0.3, 0.4) is 0 Å². The molecule has 0 unspecified atom stereocenters. The van der Waals surface area contributed by atoms with Gasteiger partial charge in [-0.25, -0.2) is 10.4 Å². The monoisotopic (exact) mass is 306 g/mol. The van der Waals surface area contributed by atoms with E-state index in [0.29, 0.717) is 0 Å². The number of benzene rings is 2. The number of rotatable bonds is 4. The van der Waals surface area contributed by atoms with Crippen LogP contribution in [0.25, 0.3) is 11.0 Å². The van der Waals surface area contributed by atoms with E-state index in [4.69, 9.17) is 0 Å². The number of hydrogen-bond acceptors (Lipinski definition) is 3. The molecule has 1 aromatic heterocycles. The van der Waals surface area contributed by atoms with Gasteiger partial charge < -0.3 is 4.57 Å². The highest BCUT2D eigenvalue weighted by atomic mass is 16.2. The highest BCUT2D eigenvalue weighted by Gasteiger charge is 2.05. The zero-order valence-corrected chi connectivity index (χ0v) is 13.2. The number of carbonyl (C=O) groups excluding carboxylic acids is 1. The van der Waals surface area contributed by atoms with Gasteiger partial charge in [-0.2, -0.15) is 5.10 Å². The highest BCUT2D eigenvalue weighted by molar-refractivity contribution is 5.84. The number of nitrogens with one attached hydrogen (secondary N) is 1. The average Bonchev–Trinajstić information content (AvgIpc) is 2.93. The molecule has 0 aliphatic heterocycles. The molecule has 116 valence electrons. The minimum Gasteiger partial charge on any atom is -0.321 e. The third kappa shape index (κ3) is 3.45. The summed E-state index contributed by atoms with van der Waals surface area (Å²) in [4.78, 5) is 16.3. The molecule has 0 saturated carbocycles. The van der Waals surface area contributed by atoms with Crippen LogP contribution in [-0.2, 0) is 11.3 Å². The molecule has 5 heteroatoms. The normalized spacial score (nSPS) is 11.2. The first-order valence-electron chi connectivity index (χ1n) is 7.42. The number of hydrogen-bond donors (Lipinski definition) is 1. The average molecular weight is 306 g/mol. The van der Waals surface area contributed by atoms with E-state index in [1.807, 2.05) is 50.2 Å². The second-order valence-corrected chi connectivity index (χ2v) is 5.51. The second kappa shape index (κ2) is 6.44. The van der Waals surface area contributed by atoms with Crippen LogP contribution in [0.2, 0.25) is 0 Å². The van der Waals surface area contributed by atoms with Crippen molar-refractivity contribution in [1.29, 1.82) is 0 Å². The van der Waals surface area contributed by atoms with Gasteiger partial charge in [-0.3, -0.25) is 4.79 Å². The van der Waals surface area contributed by atoms with Gasteiger partial charge in [-0.15, -0.1) is 0 Å². The fourth-order valence-corrected chi connectivity index (χ4v) is 2.47. The molecule has 0 spiro atoms. The predicted octanol–water partition coefficient (Wildman–Crippen LogP) is 2.80. The second-order valence-electron chi connectivity index (χ2n) is 5.51. The minimum atomic E-state index is -0.186. The zero-order valence-electron chi connectivity index (χ0n) is 13.2. The lowest BCUT2D eigenvalue weighted by Crippen LogP contribution is -2.22. The molecule has 3 rings (SSSR count). The first-order chi connectivity index (χ1) is 11.1. The number of hydrazone groups is 1. The molecular weight excluding hydrogens is 288 g/mol. The number of imidazole rings is 1. The summed E-state index contributed by atoms with van der Waals surface area (Å²) >= 11 is 0. The highest BCUT2D eigenvalue weighted by Crippen LogP contribution is 2.11. The van der Waals surface area contributed by atoms with Gasteiger partial charge in [0.15, 0.2) is 0 Å². The maximum Gasteiger partial charge on any atom is 0.260 e. The van der Waals surface area contributed by atoms with Gasteiger partial charge >= 0.3 is 0 Å². The molecule has 2 aromatic carbocycles. The summed E-state index contributed by atoms with van der Waals surface area (Å²) in [6.45, 7) is 4.25. The van der Waals surface area contributed by atoms with Crippen molar-refractivity contribution in [2.24, 2.45) is 5.10 Å². The lowest BCUT2D eigenvalue weighted by Gasteiger charge is -2.04. The SMILES string of the molecule is Cc1ccc(/C=N/NC(=O)Cn2cnc3ccccc32)c(C)c1. The minimum absolute atomic E-state index is 0.185. The van der Waals surface area contributed by atoms with Gasteiger partial charge in [0.25, 0.3) is 5.91 Å². The van der Waals surface area contributed by atoms with Crippen molar-refractivity contribution in [3.63, 3.8) is 0 Å². The van der Waals surface area contributed by atoms with E-state index >= 15 is 0 Å². The van der Waals surface area contributed by atoms with Crippen LogP contribution in [0, 0.1) is 13.8 Å². The van der Waals surface area contributed by atoms with Crippen molar-refractivity contribution < 1.29 is 4.79 Å². The number of para-hydroxylation sites is 2. The Morgan fingerprint density at radius 1 is 1.26 bits per heavy atom. The Bertz CT molecular complexity index is 880. The van der Waals surface area contributed by atoms with Crippen LogP contribution in [0.4, 0.5) is 0 Å². The van der Waals surface area contributed by atoms with E-state index in [1.165, 1.54) is 5.56 Å². The largest absolute Gasteiger partial charge is 0.321 e. The maximum atomic E-state index is 12.0. The van der Waals surface area contributed by atoms with Crippen LogP contribution in [0.5, 0.6) is 0 Å². The summed E-state index contributed by atoms with van der Waals surface area (Å²) in [6.07, 6.45) is 3.33. The Morgan fingerprint density at radius 3 is 2.91 bits per heavy atom. The van der Waals surface area contributed by atoms with E-state index in [2.05, 4.69) is 21.6 Å². The molecule has 1 amide bonds. The summed E-state index contributed by atoms with van der Waals surface area (Å²) in [5.41, 5.74) is 7.69. The van der Waals surface area contributed by atoms with Crippen molar-refractivity contribution in [3.05, 3.63) is 65.5 Å². The molecule has 1 heterocycles. The Balaban J connectivity index is 1.64. The summed E-state index contributed by atoms with van der Waals surface area (Å²) in [5, 5.41) is 4.03. The third-order valence-corrected chi connectivity index (χ3v) is 3.66. The molecule has 1 N–H and O–H groups in total. The van der Waals surface area contributed by atoms with Crippen LogP contribution in [0.1, 0.15) is 16.7 Å². The molecule has 0 fully saturated rings. The number of carbonyl (C=O) groups is 1. The number of nitrogens with zero attached hydrogens (tertiary/aromatic N) is 3. The molecular formula is C18H18N4O. The lowest BCUT2D eigenvalue weighted by molar-refractivity contribution is -0.121. The van der Waals surface area contributed by atoms with E-state index in [-0.39, 0.29) is 12.5 Å². The lowest BCUT2D eigenvalue weighted by atomic mass is 10.1. The van der Waals surface area contributed by atoms with E-state index in [9.17, 15) is 4.79 Å². The number of aryl methyl sites for hydroxylation is 2. The van der Waals surface area contributed by atoms with Crippen LogP contribution in [0.15, 0.2) is 53.9 Å². The Kier molecular flexibility index (Phi) is 4.19. The molecule has 0 saturated heterocycles. The topological polar surface area (TPSA) is 59.3 Å². The number of fused-ring (bicyclic) bond motifs is 1. The van der Waals surface area contributed by atoms with Crippen molar-refractivity contribution >= 4 is 23.2 Å². The van der Waals surface area contributed by atoms with Gasteiger partial charge in [0, 0.05) is 0 Å². The van der Waals surface area contributed by atoms with Crippen molar-refractivity contribution in [1.82, 2.24) is 15.0 Å². The van der Waals surface area contributed by atoms with Crippen molar-refractivity contribution in [3.8, 4) is 0 Å². The van der Waals surface area contributed by atoms with Crippen LogP contribution in [-0.4, -0.2) is 21.7 Å². The van der Waals surface area contributed by atoms with Gasteiger partial charge in [0.05, 0.1) is 23.6 Å². The number of aromatic nitrogens is 2. The van der Waals surface area contributed by atoms with Crippen molar-refractivity contribution in [2.75, 3.05) is 0 Å². The summed E-state index contributed by atoms with van der Waals surface area (Å²) in [6, 6.07) is 13.8. The molecule has 0 bridgehead atoms. The molecule has 0 aliphatic carbocycles. The van der Waals surface area contributed by atoms with Gasteiger partial charge in [0.2, 0.25) is 0 Å². The molecule has 0 radical (unpaired) electrons. The van der Waals surface area contributed by atoms with Gasteiger partial charge in [-0.05, 0) is 37.1 Å². The molecule has 0 aliphatic rings. The fraction of sp³-hybridized carbons (Fsp3) is 0.167. The Hall–Kier alpha value is -2.95. The van der Waals surface area contributed by atoms with Crippen LogP contribution < -0.4 is 5.43 Å². The van der Waals surface area contributed by atoms with Gasteiger partial charge in [-0.1, -0.05) is 35.9 Å². The predicted molar refractivity (Wildman–Crippen MR) is 91.4 cm³/mol. The first kappa shape index (κ1) is 15.0.